The maximum Gasteiger partial charge on any atom is 0.335 e. The Labute approximate surface area is 213 Å². The normalized spacial score (nSPS) is 14.9. The molecule has 6 nitrogen and oxygen atoms in total. The van der Waals surface area contributed by atoms with Crippen LogP contribution in [0.1, 0.15) is 27.8 Å². The van der Waals surface area contributed by atoms with E-state index in [-0.39, 0.29) is 21.3 Å². The number of aryl methyl sites for hydroxylation is 2. The van der Waals surface area contributed by atoms with Crippen LogP contribution in [0.4, 0.5) is 10.5 Å². The number of benzene rings is 3. The standard InChI is InChI=1S/C27H22Cl2N2O4/c1-15-8-16(2)10-18(9-15)11-19-5-4-17(13-24(19)35-3)12-21-25(32)30-27(34)31(26(21)33)20-6-7-22(28)23(29)14-20/h4-10,12-14H,11H2,1-3H3,(H,30,32,34)/b21-12+. The van der Waals surface area contributed by atoms with E-state index in [0.29, 0.717) is 17.7 Å². The lowest BCUT2D eigenvalue weighted by Gasteiger charge is -2.26. The van der Waals surface area contributed by atoms with Crippen molar-refractivity contribution in [3.63, 3.8) is 0 Å². The fraction of sp³-hybridized carbons (Fsp3) is 0.148. The number of carbonyl (C=O) groups excluding carboxylic acids is 3. The maximum atomic E-state index is 13.1. The van der Waals surface area contributed by atoms with Crippen molar-refractivity contribution in [3.05, 3.63) is 98.0 Å². The van der Waals surface area contributed by atoms with Crippen molar-refractivity contribution in [1.82, 2.24) is 5.32 Å². The molecular weight excluding hydrogens is 487 g/mol. The topological polar surface area (TPSA) is 75.7 Å². The van der Waals surface area contributed by atoms with Gasteiger partial charge in [-0.3, -0.25) is 14.9 Å². The van der Waals surface area contributed by atoms with Gasteiger partial charge in [0.1, 0.15) is 11.3 Å². The van der Waals surface area contributed by atoms with Gasteiger partial charge in [0, 0.05) is 6.42 Å². The first kappa shape index (κ1) is 24.5. The summed E-state index contributed by atoms with van der Waals surface area (Å²) >= 11 is 12.0. The van der Waals surface area contributed by atoms with Crippen molar-refractivity contribution in [1.29, 1.82) is 0 Å². The van der Waals surface area contributed by atoms with Crippen molar-refractivity contribution < 1.29 is 19.1 Å². The molecule has 4 rings (SSSR count). The van der Waals surface area contributed by atoms with Gasteiger partial charge in [0.15, 0.2) is 0 Å². The minimum absolute atomic E-state index is 0.177. The summed E-state index contributed by atoms with van der Waals surface area (Å²) in [6.07, 6.45) is 2.10. The fourth-order valence-corrected chi connectivity index (χ4v) is 4.36. The van der Waals surface area contributed by atoms with Crippen LogP contribution in [0.3, 0.4) is 0 Å². The first-order valence-electron chi connectivity index (χ1n) is 10.8. The molecule has 0 unspecified atom stereocenters. The predicted molar refractivity (Wildman–Crippen MR) is 137 cm³/mol. The minimum atomic E-state index is -0.864. The lowest BCUT2D eigenvalue weighted by Crippen LogP contribution is -2.54. The van der Waals surface area contributed by atoms with Gasteiger partial charge in [-0.25, -0.2) is 9.69 Å². The Morgan fingerprint density at radius 2 is 1.63 bits per heavy atom. The summed E-state index contributed by atoms with van der Waals surface area (Å²) in [5, 5.41) is 2.65. The SMILES string of the molecule is COc1cc(/C=C2\C(=O)NC(=O)N(c3ccc(Cl)c(Cl)c3)C2=O)ccc1Cc1cc(C)cc(C)c1. The number of nitrogens with zero attached hydrogens (tertiary/aromatic N) is 1. The highest BCUT2D eigenvalue weighted by Gasteiger charge is 2.37. The number of imide groups is 2. The van der Waals surface area contributed by atoms with Crippen LogP contribution in [-0.2, 0) is 16.0 Å². The number of amides is 4. The zero-order valence-electron chi connectivity index (χ0n) is 19.3. The molecule has 0 aromatic heterocycles. The number of hydrogen-bond donors (Lipinski definition) is 1. The molecular formula is C27H22Cl2N2O4. The van der Waals surface area contributed by atoms with E-state index in [1.165, 1.54) is 35.4 Å². The Kier molecular flexibility index (Phi) is 6.96. The minimum Gasteiger partial charge on any atom is -0.496 e. The van der Waals surface area contributed by atoms with Crippen molar-refractivity contribution in [2.45, 2.75) is 20.3 Å². The average Bonchev–Trinajstić information content (AvgIpc) is 2.79. The van der Waals surface area contributed by atoms with E-state index in [2.05, 4.69) is 37.4 Å². The summed E-state index contributed by atoms with van der Waals surface area (Å²) in [4.78, 5) is 38.9. The first-order chi connectivity index (χ1) is 16.7. The number of hydrogen-bond acceptors (Lipinski definition) is 4. The van der Waals surface area contributed by atoms with Crippen molar-refractivity contribution in [3.8, 4) is 5.75 Å². The fourth-order valence-electron chi connectivity index (χ4n) is 4.07. The van der Waals surface area contributed by atoms with Gasteiger partial charge in [-0.1, -0.05) is 64.7 Å². The summed E-state index contributed by atoms with van der Waals surface area (Å²) in [7, 11) is 1.57. The molecule has 1 N–H and O–H groups in total. The predicted octanol–water partition coefficient (Wildman–Crippen LogP) is 5.88. The zero-order valence-corrected chi connectivity index (χ0v) is 20.8. The Bertz CT molecular complexity index is 1380. The van der Waals surface area contributed by atoms with Gasteiger partial charge >= 0.3 is 6.03 Å². The number of halogens is 2. The van der Waals surface area contributed by atoms with Crippen molar-refractivity contribution in [2.24, 2.45) is 0 Å². The van der Waals surface area contributed by atoms with Crippen LogP contribution in [-0.4, -0.2) is 25.0 Å². The molecule has 1 fully saturated rings. The van der Waals surface area contributed by atoms with Crippen LogP contribution in [0.25, 0.3) is 6.08 Å². The molecule has 3 aromatic carbocycles. The van der Waals surface area contributed by atoms with Crippen LogP contribution < -0.4 is 15.0 Å². The highest BCUT2D eigenvalue weighted by Crippen LogP contribution is 2.30. The summed E-state index contributed by atoms with van der Waals surface area (Å²) in [6.45, 7) is 4.11. The molecule has 1 aliphatic heterocycles. The largest absolute Gasteiger partial charge is 0.496 e. The molecule has 0 atom stereocenters. The summed E-state index contributed by atoms with van der Waals surface area (Å²) < 4.78 is 5.59. The molecule has 0 radical (unpaired) electrons. The molecule has 3 aromatic rings. The number of anilines is 1. The molecule has 35 heavy (non-hydrogen) atoms. The van der Waals surface area contributed by atoms with Gasteiger partial charge in [0.2, 0.25) is 0 Å². The number of barbiturate groups is 1. The van der Waals surface area contributed by atoms with E-state index < -0.39 is 17.8 Å². The van der Waals surface area contributed by atoms with Gasteiger partial charge in [-0.2, -0.15) is 0 Å². The third-order valence-corrected chi connectivity index (χ3v) is 6.30. The highest BCUT2D eigenvalue weighted by molar-refractivity contribution is 6.43. The molecule has 0 saturated carbocycles. The van der Waals surface area contributed by atoms with E-state index in [1.54, 1.807) is 19.2 Å². The Morgan fingerprint density at radius 3 is 2.29 bits per heavy atom. The maximum absolute atomic E-state index is 13.1. The third kappa shape index (κ3) is 5.24. The summed E-state index contributed by atoms with van der Waals surface area (Å²) in [5.74, 6) is -0.926. The quantitative estimate of drug-likeness (QED) is 0.345. The van der Waals surface area contributed by atoms with Gasteiger partial charge in [-0.15, -0.1) is 0 Å². The molecule has 4 amide bonds. The molecule has 0 bridgehead atoms. The average molecular weight is 509 g/mol. The van der Waals surface area contributed by atoms with E-state index in [0.717, 1.165) is 16.0 Å². The smallest absolute Gasteiger partial charge is 0.335 e. The number of rotatable bonds is 5. The number of urea groups is 1. The Balaban J connectivity index is 1.66. The number of nitrogens with one attached hydrogen (secondary N) is 1. The van der Waals surface area contributed by atoms with E-state index in [4.69, 9.17) is 27.9 Å². The number of carbonyl (C=O) groups is 3. The first-order valence-corrected chi connectivity index (χ1v) is 11.5. The molecule has 1 heterocycles. The molecule has 1 aliphatic rings. The lowest BCUT2D eigenvalue weighted by atomic mass is 9.98. The Hall–Kier alpha value is -3.61. The van der Waals surface area contributed by atoms with Crippen LogP contribution in [0.5, 0.6) is 5.75 Å². The van der Waals surface area contributed by atoms with E-state index in [9.17, 15) is 14.4 Å². The zero-order chi connectivity index (χ0) is 25.3. The van der Waals surface area contributed by atoms with Crippen LogP contribution >= 0.6 is 23.2 Å². The van der Waals surface area contributed by atoms with Gasteiger partial charge in [0.25, 0.3) is 11.8 Å². The van der Waals surface area contributed by atoms with Crippen LogP contribution in [0.2, 0.25) is 10.0 Å². The molecule has 8 heteroatoms. The monoisotopic (exact) mass is 508 g/mol. The highest BCUT2D eigenvalue weighted by atomic mass is 35.5. The van der Waals surface area contributed by atoms with E-state index in [1.807, 2.05) is 6.07 Å². The molecule has 0 aliphatic carbocycles. The van der Waals surface area contributed by atoms with Crippen molar-refractivity contribution >= 4 is 52.8 Å². The second-order valence-corrected chi connectivity index (χ2v) is 9.11. The third-order valence-electron chi connectivity index (χ3n) is 5.56. The van der Waals surface area contributed by atoms with Gasteiger partial charge < -0.3 is 4.74 Å². The molecule has 178 valence electrons. The number of methoxy groups -OCH3 is 1. The van der Waals surface area contributed by atoms with Crippen LogP contribution in [0.15, 0.2) is 60.2 Å². The van der Waals surface area contributed by atoms with E-state index >= 15 is 0 Å². The molecule has 0 spiro atoms. The second kappa shape index (κ2) is 9.94. The Morgan fingerprint density at radius 1 is 0.914 bits per heavy atom. The summed E-state index contributed by atoms with van der Waals surface area (Å²) in [6, 6.07) is 15.3. The number of ether oxygens (including phenoxy) is 1. The summed E-state index contributed by atoms with van der Waals surface area (Å²) in [5.41, 5.74) is 5.07. The van der Waals surface area contributed by atoms with Crippen molar-refractivity contribution in [2.75, 3.05) is 12.0 Å². The second-order valence-electron chi connectivity index (χ2n) is 8.30. The van der Waals surface area contributed by atoms with Crippen LogP contribution in [0, 0.1) is 13.8 Å². The lowest BCUT2D eigenvalue weighted by molar-refractivity contribution is -0.122. The van der Waals surface area contributed by atoms with Gasteiger partial charge in [-0.05, 0) is 60.9 Å². The van der Waals surface area contributed by atoms with Gasteiger partial charge in [0.05, 0.1) is 22.8 Å². The molecule has 1 saturated heterocycles.